The molecule has 0 radical (unpaired) electrons. The fourth-order valence-corrected chi connectivity index (χ4v) is 3.12. The van der Waals surface area contributed by atoms with Gasteiger partial charge in [-0.3, -0.25) is 4.79 Å². The average molecular weight is 359 g/mol. The van der Waals surface area contributed by atoms with Gasteiger partial charge in [-0.1, -0.05) is 30.3 Å². The molecule has 25 heavy (non-hydrogen) atoms. The molecule has 0 spiro atoms. The Labute approximate surface area is 153 Å². The van der Waals surface area contributed by atoms with Crippen LogP contribution < -0.4 is 16.0 Å². The van der Waals surface area contributed by atoms with Crippen molar-refractivity contribution in [3.63, 3.8) is 0 Å². The van der Waals surface area contributed by atoms with Gasteiger partial charge in [0.25, 0.3) is 0 Å². The van der Waals surface area contributed by atoms with Gasteiger partial charge in [-0.25, -0.2) is 4.99 Å². The van der Waals surface area contributed by atoms with Gasteiger partial charge < -0.3 is 16.0 Å². The van der Waals surface area contributed by atoms with Crippen LogP contribution in [0, 0.1) is 6.92 Å². The highest BCUT2D eigenvalue weighted by atomic mass is 32.1. The maximum Gasteiger partial charge on any atom is 0.241 e. The van der Waals surface area contributed by atoms with E-state index in [2.05, 4.69) is 52.1 Å². The number of aliphatic imine (C=N–C) groups is 1. The first-order chi connectivity index (χ1) is 12.2. The minimum atomic E-state index is -0.0693. The fraction of sp³-hybridized carbons (Fsp3) is 0.368. The van der Waals surface area contributed by atoms with Crippen LogP contribution in [-0.2, 0) is 17.8 Å². The Hall–Kier alpha value is -2.34. The number of benzene rings is 1. The van der Waals surface area contributed by atoms with Gasteiger partial charge in [0.05, 0.1) is 6.54 Å². The van der Waals surface area contributed by atoms with Gasteiger partial charge in [0.2, 0.25) is 5.91 Å². The molecule has 2 rings (SSSR count). The molecule has 1 heterocycles. The third-order valence-electron chi connectivity index (χ3n) is 3.53. The second-order valence-electron chi connectivity index (χ2n) is 5.65. The average Bonchev–Trinajstić information content (AvgIpc) is 3.04. The molecular formula is C19H26N4OS. The first-order valence-electron chi connectivity index (χ1n) is 8.55. The fourth-order valence-electron chi connectivity index (χ4n) is 2.29. The number of rotatable bonds is 8. The van der Waals surface area contributed by atoms with Crippen LogP contribution in [0.3, 0.4) is 0 Å². The summed E-state index contributed by atoms with van der Waals surface area (Å²) in [5.74, 6) is 0.590. The Balaban J connectivity index is 1.74. The first kappa shape index (κ1) is 19.0. The number of thiophene rings is 1. The summed E-state index contributed by atoms with van der Waals surface area (Å²) in [6.07, 6.45) is 0.826. The zero-order chi connectivity index (χ0) is 17.9. The van der Waals surface area contributed by atoms with Crippen molar-refractivity contribution in [1.29, 1.82) is 0 Å². The molecule has 5 nitrogen and oxygen atoms in total. The number of aryl methyl sites for hydroxylation is 1. The molecule has 2 aromatic rings. The summed E-state index contributed by atoms with van der Waals surface area (Å²) in [5, 5.41) is 9.32. The Bertz CT molecular complexity index is 682. The van der Waals surface area contributed by atoms with Crippen LogP contribution in [0.5, 0.6) is 0 Å². The molecule has 0 aliphatic rings. The molecule has 0 saturated heterocycles. The van der Waals surface area contributed by atoms with Gasteiger partial charge in [0.1, 0.15) is 6.54 Å². The Morgan fingerprint density at radius 2 is 1.88 bits per heavy atom. The topological polar surface area (TPSA) is 65.5 Å². The van der Waals surface area contributed by atoms with E-state index in [1.54, 1.807) is 11.3 Å². The first-order valence-corrected chi connectivity index (χ1v) is 9.37. The van der Waals surface area contributed by atoms with Crippen LogP contribution in [-0.4, -0.2) is 31.5 Å². The predicted molar refractivity (Wildman–Crippen MR) is 105 cm³/mol. The molecule has 1 aromatic heterocycles. The molecule has 0 atom stereocenters. The summed E-state index contributed by atoms with van der Waals surface area (Å²) in [7, 11) is 0. The van der Waals surface area contributed by atoms with E-state index in [9.17, 15) is 4.79 Å². The number of nitrogens with one attached hydrogen (secondary N) is 3. The van der Waals surface area contributed by atoms with Crippen LogP contribution in [0.2, 0.25) is 0 Å². The van der Waals surface area contributed by atoms with Gasteiger partial charge in [0.15, 0.2) is 5.96 Å². The lowest BCUT2D eigenvalue weighted by molar-refractivity contribution is -0.119. The second-order valence-corrected chi connectivity index (χ2v) is 7.02. The quantitative estimate of drug-likeness (QED) is 0.502. The smallest absolute Gasteiger partial charge is 0.241 e. The lowest BCUT2D eigenvalue weighted by atomic mass is 10.1. The third kappa shape index (κ3) is 7.39. The summed E-state index contributed by atoms with van der Waals surface area (Å²) in [6, 6.07) is 14.3. The molecule has 6 heteroatoms. The maximum atomic E-state index is 11.9. The molecule has 0 fully saturated rings. The van der Waals surface area contributed by atoms with Crippen LogP contribution in [0.25, 0.3) is 0 Å². The standard InChI is InChI=1S/C19H26N4OS/c1-3-20-19(22-13-17-10-9-15(2)25-17)23-14-18(24)21-12-11-16-7-5-4-6-8-16/h4-10H,3,11-14H2,1-2H3,(H,21,24)(H2,20,22,23). The van der Waals surface area contributed by atoms with E-state index in [-0.39, 0.29) is 12.5 Å². The molecular weight excluding hydrogens is 332 g/mol. The van der Waals surface area contributed by atoms with Crippen molar-refractivity contribution in [3.05, 3.63) is 57.8 Å². The zero-order valence-corrected chi connectivity index (χ0v) is 15.7. The van der Waals surface area contributed by atoms with E-state index < -0.39 is 0 Å². The number of hydrogen-bond donors (Lipinski definition) is 3. The van der Waals surface area contributed by atoms with Gasteiger partial charge in [-0.05, 0) is 38.0 Å². The van der Waals surface area contributed by atoms with Gasteiger partial charge in [0, 0.05) is 22.8 Å². The highest BCUT2D eigenvalue weighted by Crippen LogP contribution is 2.14. The monoisotopic (exact) mass is 358 g/mol. The molecule has 0 saturated carbocycles. The van der Waals surface area contributed by atoms with E-state index in [1.807, 2.05) is 25.1 Å². The highest BCUT2D eigenvalue weighted by Gasteiger charge is 2.03. The van der Waals surface area contributed by atoms with Crippen molar-refractivity contribution < 1.29 is 4.79 Å². The van der Waals surface area contributed by atoms with Crippen molar-refractivity contribution in [2.75, 3.05) is 19.6 Å². The molecule has 0 bridgehead atoms. The second kappa shape index (κ2) is 10.5. The van der Waals surface area contributed by atoms with E-state index in [4.69, 9.17) is 0 Å². The molecule has 1 amide bonds. The summed E-state index contributed by atoms with van der Waals surface area (Å²) in [4.78, 5) is 18.8. The van der Waals surface area contributed by atoms with Crippen LogP contribution in [0.1, 0.15) is 22.2 Å². The third-order valence-corrected chi connectivity index (χ3v) is 4.53. The Morgan fingerprint density at radius 3 is 2.56 bits per heavy atom. The summed E-state index contributed by atoms with van der Waals surface area (Å²) in [5.41, 5.74) is 1.22. The van der Waals surface area contributed by atoms with E-state index in [0.717, 1.165) is 13.0 Å². The SMILES string of the molecule is CCNC(=NCC(=O)NCCc1ccccc1)NCc1ccc(C)s1. The molecule has 1 aromatic carbocycles. The lowest BCUT2D eigenvalue weighted by Gasteiger charge is -2.10. The lowest BCUT2D eigenvalue weighted by Crippen LogP contribution is -2.38. The molecule has 0 aliphatic heterocycles. The molecule has 0 aliphatic carbocycles. The summed E-state index contributed by atoms with van der Waals surface area (Å²) < 4.78 is 0. The molecule has 134 valence electrons. The van der Waals surface area contributed by atoms with Crippen molar-refractivity contribution in [2.24, 2.45) is 4.99 Å². The largest absolute Gasteiger partial charge is 0.357 e. The summed E-state index contributed by atoms with van der Waals surface area (Å²) >= 11 is 1.76. The number of guanidine groups is 1. The summed E-state index contributed by atoms with van der Waals surface area (Å²) in [6.45, 7) is 6.30. The molecule has 3 N–H and O–H groups in total. The van der Waals surface area contributed by atoms with Crippen LogP contribution >= 0.6 is 11.3 Å². The minimum absolute atomic E-state index is 0.0693. The predicted octanol–water partition coefficient (Wildman–Crippen LogP) is 2.47. The number of carbonyl (C=O) groups is 1. The Kier molecular flexibility index (Phi) is 7.98. The normalized spacial score (nSPS) is 11.2. The van der Waals surface area contributed by atoms with Gasteiger partial charge in [-0.2, -0.15) is 0 Å². The highest BCUT2D eigenvalue weighted by molar-refractivity contribution is 7.11. The number of hydrogen-bond acceptors (Lipinski definition) is 3. The van der Waals surface area contributed by atoms with Gasteiger partial charge >= 0.3 is 0 Å². The van der Waals surface area contributed by atoms with Crippen LogP contribution in [0.4, 0.5) is 0 Å². The van der Waals surface area contributed by atoms with Crippen molar-refractivity contribution in [2.45, 2.75) is 26.8 Å². The maximum absolute atomic E-state index is 11.9. The van der Waals surface area contributed by atoms with E-state index in [1.165, 1.54) is 15.3 Å². The van der Waals surface area contributed by atoms with Gasteiger partial charge in [-0.15, -0.1) is 11.3 Å². The number of nitrogens with zero attached hydrogens (tertiary/aromatic N) is 1. The van der Waals surface area contributed by atoms with Crippen molar-refractivity contribution in [1.82, 2.24) is 16.0 Å². The van der Waals surface area contributed by atoms with E-state index in [0.29, 0.717) is 19.0 Å². The minimum Gasteiger partial charge on any atom is -0.357 e. The zero-order valence-electron chi connectivity index (χ0n) is 14.8. The Morgan fingerprint density at radius 1 is 1.08 bits per heavy atom. The van der Waals surface area contributed by atoms with Crippen LogP contribution in [0.15, 0.2) is 47.5 Å². The number of amides is 1. The molecule has 0 unspecified atom stereocenters. The number of carbonyl (C=O) groups excluding carboxylic acids is 1. The van der Waals surface area contributed by atoms with E-state index >= 15 is 0 Å². The van der Waals surface area contributed by atoms with Crippen molar-refractivity contribution in [3.8, 4) is 0 Å². The van der Waals surface area contributed by atoms with Crippen molar-refractivity contribution >= 4 is 23.2 Å².